The van der Waals surface area contributed by atoms with Crippen molar-refractivity contribution in [3.63, 3.8) is 0 Å². The quantitative estimate of drug-likeness (QED) is 0.574. The van der Waals surface area contributed by atoms with Gasteiger partial charge in [0.1, 0.15) is 16.5 Å². The largest absolute Gasteiger partial charge is 0.477 e. The lowest BCUT2D eigenvalue weighted by molar-refractivity contribution is -0.164. The summed E-state index contributed by atoms with van der Waals surface area (Å²) in [6, 6.07) is 1.13. The van der Waals surface area contributed by atoms with Gasteiger partial charge in [0.25, 0.3) is 0 Å². The van der Waals surface area contributed by atoms with Crippen molar-refractivity contribution in [1.29, 1.82) is 0 Å². The van der Waals surface area contributed by atoms with Crippen LogP contribution in [0.5, 0.6) is 0 Å². The predicted molar refractivity (Wildman–Crippen MR) is 80.6 cm³/mol. The smallest absolute Gasteiger partial charge is 0.353 e. The van der Waals surface area contributed by atoms with Gasteiger partial charge in [-0.15, -0.1) is 0 Å². The zero-order valence-electron chi connectivity index (χ0n) is 12.7. The average Bonchev–Trinajstić information content (AvgIpc) is 3.27. The van der Waals surface area contributed by atoms with E-state index >= 15 is 0 Å². The van der Waals surface area contributed by atoms with E-state index in [-0.39, 0.29) is 15.8 Å². The standard InChI is InChI=1S/C15H15N3O5S/c1-7(19)8-10-15(3-4-15)11(9(13(21)22)18(10)12(8)20)24(23)14-16-5-2-6-17-14/h2,5-8,10,19H,3-4H2,1H3,(H,21,22). The lowest BCUT2D eigenvalue weighted by atomic mass is 9.76. The summed E-state index contributed by atoms with van der Waals surface area (Å²) >= 11 is 0. The lowest BCUT2D eigenvalue weighted by Gasteiger charge is -2.47. The molecule has 1 saturated carbocycles. The first-order valence-electron chi connectivity index (χ1n) is 7.58. The van der Waals surface area contributed by atoms with Crippen molar-refractivity contribution < 1.29 is 24.0 Å². The third-order valence-electron chi connectivity index (χ3n) is 5.02. The van der Waals surface area contributed by atoms with Crippen LogP contribution in [-0.2, 0) is 20.4 Å². The second kappa shape index (κ2) is 4.93. The summed E-state index contributed by atoms with van der Waals surface area (Å²) in [5, 5.41) is 19.5. The minimum atomic E-state index is -1.86. The van der Waals surface area contributed by atoms with E-state index in [4.69, 9.17) is 0 Å². The van der Waals surface area contributed by atoms with Crippen LogP contribution in [0.3, 0.4) is 0 Å². The fraction of sp³-hybridized carbons (Fsp3) is 0.467. The Bertz CT molecular complexity index is 803. The molecule has 3 heterocycles. The first-order valence-corrected chi connectivity index (χ1v) is 8.73. The van der Waals surface area contributed by atoms with E-state index in [1.165, 1.54) is 24.2 Å². The Hall–Kier alpha value is -2.13. The maximum atomic E-state index is 13.0. The number of aliphatic hydroxyl groups excluding tert-OH is 1. The van der Waals surface area contributed by atoms with Crippen LogP contribution in [0.25, 0.3) is 0 Å². The molecule has 126 valence electrons. The number of β-lactam (4-membered cyclic amide) rings is 1. The van der Waals surface area contributed by atoms with Gasteiger partial charge in [0, 0.05) is 17.8 Å². The Kier molecular flexibility index (Phi) is 3.17. The van der Waals surface area contributed by atoms with E-state index in [1.807, 2.05) is 0 Å². The van der Waals surface area contributed by atoms with Gasteiger partial charge in [-0.25, -0.2) is 19.0 Å². The van der Waals surface area contributed by atoms with Crippen LogP contribution in [0.4, 0.5) is 0 Å². The Balaban J connectivity index is 1.85. The maximum Gasteiger partial charge on any atom is 0.353 e. The minimum Gasteiger partial charge on any atom is -0.477 e. The van der Waals surface area contributed by atoms with Gasteiger partial charge >= 0.3 is 5.97 Å². The molecule has 4 atom stereocenters. The van der Waals surface area contributed by atoms with Gasteiger partial charge in [-0.05, 0) is 25.8 Å². The fourth-order valence-corrected chi connectivity index (χ4v) is 5.45. The molecule has 1 spiro atoms. The molecule has 8 nitrogen and oxygen atoms in total. The van der Waals surface area contributed by atoms with Gasteiger partial charge in [0.2, 0.25) is 11.1 Å². The Morgan fingerprint density at radius 1 is 1.42 bits per heavy atom. The molecule has 1 amide bonds. The molecular formula is C15H15N3O5S. The molecule has 1 aromatic heterocycles. The van der Waals surface area contributed by atoms with Crippen molar-refractivity contribution in [2.24, 2.45) is 11.3 Å². The van der Waals surface area contributed by atoms with Gasteiger partial charge < -0.3 is 15.1 Å². The van der Waals surface area contributed by atoms with Crippen LogP contribution in [0.2, 0.25) is 0 Å². The first kappa shape index (κ1) is 15.4. The van der Waals surface area contributed by atoms with E-state index in [0.717, 1.165) is 0 Å². The molecule has 1 aliphatic carbocycles. The molecule has 0 bridgehead atoms. The van der Waals surface area contributed by atoms with E-state index in [0.29, 0.717) is 12.8 Å². The average molecular weight is 349 g/mol. The number of hydrogen-bond donors (Lipinski definition) is 2. The summed E-state index contributed by atoms with van der Waals surface area (Å²) in [7, 11) is -1.86. The molecule has 0 aromatic carbocycles. The molecule has 2 fully saturated rings. The predicted octanol–water partition coefficient (Wildman–Crippen LogP) is -0.118. The summed E-state index contributed by atoms with van der Waals surface area (Å²) in [6.45, 7) is 1.52. The van der Waals surface area contributed by atoms with Crippen molar-refractivity contribution in [2.75, 3.05) is 0 Å². The van der Waals surface area contributed by atoms with Crippen LogP contribution in [0, 0.1) is 11.3 Å². The van der Waals surface area contributed by atoms with Crippen molar-refractivity contribution in [3.8, 4) is 0 Å². The van der Waals surface area contributed by atoms with E-state index < -0.39 is 46.2 Å². The Morgan fingerprint density at radius 2 is 2.04 bits per heavy atom. The molecule has 4 rings (SSSR count). The Morgan fingerprint density at radius 3 is 2.54 bits per heavy atom. The Labute approximate surface area is 139 Å². The third kappa shape index (κ3) is 1.79. The summed E-state index contributed by atoms with van der Waals surface area (Å²) in [4.78, 5) is 33.5. The number of carbonyl (C=O) groups excluding carboxylic acids is 1. The number of carboxylic acid groups (broad SMARTS) is 1. The van der Waals surface area contributed by atoms with Crippen LogP contribution in [0.1, 0.15) is 19.8 Å². The highest BCUT2D eigenvalue weighted by atomic mass is 32.2. The molecule has 1 aromatic rings. The third-order valence-corrected chi connectivity index (χ3v) is 6.53. The number of amides is 1. The van der Waals surface area contributed by atoms with Crippen LogP contribution >= 0.6 is 0 Å². The molecule has 0 radical (unpaired) electrons. The van der Waals surface area contributed by atoms with Crippen LogP contribution in [0.15, 0.2) is 34.2 Å². The number of nitrogens with zero attached hydrogens (tertiary/aromatic N) is 3. The summed E-state index contributed by atoms with van der Waals surface area (Å²) in [6.07, 6.45) is 3.26. The highest BCUT2D eigenvalue weighted by Crippen LogP contribution is 2.67. The number of aliphatic carboxylic acids is 1. The maximum absolute atomic E-state index is 13.0. The van der Waals surface area contributed by atoms with Crippen molar-refractivity contribution in [1.82, 2.24) is 14.9 Å². The number of fused-ring (bicyclic) bond motifs is 2. The molecule has 24 heavy (non-hydrogen) atoms. The molecule has 3 aliphatic rings. The molecule has 4 unspecified atom stereocenters. The number of carbonyl (C=O) groups is 2. The number of aliphatic hydroxyl groups is 1. The van der Waals surface area contributed by atoms with Gasteiger partial charge in [-0.1, -0.05) is 0 Å². The first-order chi connectivity index (χ1) is 11.4. The minimum absolute atomic E-state index is 0.0288. The van der Waals surface area contributed by atoms with Gasteiger partial charge in [0.15, 0.2) is 0 Å². The van der Waals surface area contributed by atoms with Gasteiger partial charge in [-0.3, -0.25) is 4.79 Å². The normalized spacial score (nSPS) is 29.2. The van der Waals surface area contributed by atoms with Crippen molar-refractivity contribution >= 4 is 22.7 Å². The summed E-state index contributed by atoms with van der Waals surface area (Å²) in [5.41, 5.74) is -0.877. The number of aromatic nitrogens is 2. The summed E-state index contributed by atoms with van der Waals surface area (Å²) < 4.78 is 13.0. The number of rotatable bonds is 4. The molecular weight excluding hydrogens is 334 g/mol. The lowest BCUT2D eigenvalue weighted by Crippen LogP contribution is -2.64. The second-order valence-corrected chi connectivity index (χ2v) is 7.67. The van der Waals surface area contributed by atoms with E-state index in [2.05, 4.69) is 9.97 Å². The topological polar surface area (TPSA) is 121 Å². The van der Waals surface area contributed by atoms with Gasteiger partial charge in [0.05, 0.1) is 23.0 Å². The summed E-state index contributed by atoms with van der Waals surface area (Å²) in [5.74, 6) is -2.38. The van der Waals surface area contributed by atoms with Crippen molar-refractivity contribution in [3.05, 3.63) is 29.1 Å². The van der Waals surface area contributed by atoms with Crippen LogP contribution in [-0.4, -0.2) is 53.3 Å². The van der Waals surface area contributed by atoms with Crippen molar-refractivity contribution in [2.45, 2.75) is 37.1 Å². The highest BCUT2D eigenvalue weighted by molar-refractivity contribution is 7.89. The zero-order chi connectivity index (χ0) is 17.2. The number of carboxylic acids is 1. The zero-order valence-corrected chi connectivity index (χ0v) is 13.6. The fourth-order valence-electron chi connectivity index (χ4n) is 3.90. The molecule has 1 saturated heterocycles. The molecule has 2 aliphatic heterocycles. The highest BCUT2D eigenvalue weighted by Gasteiger charge is 2.73. The van der Waals surface area contributed by atoms with Crippen LogP contribution < -0.4 is 0 Å². The second-order valence-electron chi connectivity index (χ2n) is 6.36. The number of hydrogen-bond acceptors (Lipinski definition) is 6. The van der Waals surface area contributed by atoms with E-state index in [9.17, 15) is 24.0 Å². The SMILES string of the molecule is CC(O)C1C(=O)N2C(C(=O)O)=C(S(=O)c3ncccn3)C3(CC3)C12. The monoisotopic (exact) mass is 349 g/mol. The molecule has 9 heteroatoms. The molecule has 2 N–H and O–H groups in total. The van der Waals surface area contributed by atoms with E-state index in [1.54, 1.807) is 6.07 Å². The van der Waals surface area contributed by atoms with Gasteiger partial charge in [-0.2, -0.15) is 0 Å².